The molecule has 4 aromatic rings. The normalized spacial score (nSPS) is 13.2. The van der Waals surface area contributed by atoms with Gasteiger partial charge in [0.25, 0.3) is 5.91 Å². The van der Waals surface area contributed by atoms with Crippen LogP contribution >= 0.6 is 11.6 Å². The lowest BCUT2D eigenvalue weighted by Crippen LogP contribution is -2.45. The number of rotatable bonds is 9. The minimum absolute atomic E-state index is 0.00282. The van der Waals surface area contributed by atoms with E-state index in [1.165, 1.54) is 0 Å². The van der Waals surface area contributed by atoms with Gasteiger partial charge in [-0.3, -0.25) is 4.79 Å². The van der Waals surface area contributed by atoms with Crippen LogP contribution in [0.1, 0.15) is 61.1 Å². The fourth-order valence-corrected chi connectivity index (χ4v) is 5.78. The number of amides is 1. The molecule has 0 unspecified atom stereocenters. The Kier molecular flexibility index (Phi) is 9.21. The Hall–Kier alpha value is -3.97. The second-order valence-electron chi connectivity index (χ2n) is 11.8. The van der Waals surface area contributed by atoms with Crippen LogP contribution in [-0.2, 0) is 4.43 Å². The summed E-state index contributed by atoms with van der Waals surface area (Å²) in [5.74, 6) is 0.510. The standard InChI is InChI=1S/C32H36ClN5O3Si/c1-20-26(18-15-24(19-34)27(20)33)36-28(21(2)41-42(6,7)32(3,4)5)31-38-37-30(40-31)23-13-16-25(17-14-23)35-29(39)22-11-9-8-10-12-22/h8-18,21,28,36H,1-7H3,(H,35,39)/t21-,28-/m1/s1. The van der Waals surface area contributed by atoms with E-state index in [0.717, 1.165) is 11.3 Å². The summed E-state index contributed by atoms with van der Waals surface area (Å²) in [6.07, 6.45) is -0.330. The van der Waals surface area contributed by atoms with Crippen LogP contribution in [-0.4, -0.2) is 30.5 Å². The van der Waals surface area contributed by atoms with E-state index in [9.17, 15) is 10.1 Å². The van der Waals surface area contributed by atoms with Crippen LogP contribution in [0, 0.1) is 18.3 Å². The maximum absolute atomic E-state index is 12.5. The van der Waals surface area contributed by atoms with Crippen LogP contribution in [0.2, 0.25) is 23.2 Å². The average Bonchev–Trinajstić information content (AvgIpc) is 3.43. The van der Waals surface area contributed by atoms with Gasteiger partial charge in [-0.25, -0.2) is 0 Å². The van der Waals surface area contributed by atoms with Gasteiger partial charge in [-0.05, 0) is 86.1 Å². The number of hydrogen-bond donors (Lipinski definition) is 2. The Labute approximate surface area is 253 Å². The smallest absolute Gasteiger partial charge is 0.255 e. The first-order valence-electron chi connectivity index (χ1n) is 13.7. The van der Waals surface area contributed by atoms with E-state index in [-0.39, 0.29) is 17.0 Å². The quantitative estimate of drug-likeness (QED) is 0.185. The Morgan fingerprint density at radius 1 is 1.05 bits per heavy atom. The molecule has 10 heteroatoms. The van der Waals surface area contributed by atoms with Gasteiger partial charge in [0.2, 0.25) is 11.8 Å². The van der Waals surface area contributed by atoms with E-state index in [1.54, 1.807) is 30.3 Å². The van der Waals surface area contributed by atoms with Crippen molar-refractivity contribution in [3.63, 3.8) is 0 Å². The summed E-state index contributed by atoms with van der Waals surface area (Å²) in [6.45, 7) is 14.8. The highest BCUT2D eigenvalue weighted by Gasteiger charge is 2.41. The summed E-state index contributed by atoms with van der Waals surface area (Å²) in [5.41, 5.74) is 3.83. The van der Waals surface area contributed by atoms with Crippen molar-refractivity contribution in [1.82, 2.24) is 10.2 Å². The highest BCUT2D eigenvalue weighted by atomic mass is 35.5. The third kappa shape index (κ3) is 6.90. The molecule has 218 valence electrons. The van der Waals surface area contributed by atoms with Crippen LogP contribution in [0.15, 0.2) is 71.1 Å². The molecule has 8 nitrogen and oxygen atoms in total. The first-order chi connectivity index (χ1) is 19.8. The Morgan fingerprint density at radius 2 is 1.71 bits per heavy atom. The van der Waals surface area contributed by atoms with Crippen LogP contribution in [0.3, 0.4) is 0 Å². The van der Waals surface area contributed by atoms with Crippen molar-refractivity contribution < 1.29 is 13.6 Å². The van der Waals surface area contributed by atoms with Gasteiger partial charge in [-0.15, -0.1) is 10.2 Å². The summed E-state index contributed by atoms with van der Waals surface area (Å²) in [7, 11) is -2.16. The number of nitriles is 1. The molecule has 0 spiro atoms. The lowest BCUT2D eigenvalue weighted by Gasteiger charge is -2.40. The fraction of sp³-hybridized carbons (Fsp3) is 0.312. The Morgan fingerprint density at radius 3 is 2.33 bits per heavy atom. The van der Waals surface area contributed by atoms with Gasteiger partial charge in [0, 0.05) is 22.5 Å². The van der Waals surface area contributed by atoms with E-state index in [1.807, 2.05) is 50.2 Å². The third-order valence-electron chi connectivity index (χ3n) is 7.71. The van der Waals surface area contributed by atoms with E-state index in [4.69, 9.17) is 20.4 Å². The minimum atomic E-state index is -2.16. The monoisotopic (exact) mass is 601 g/mol. The van der Waals surface area contributed by atoms with Gasteiger partial charge in [0.05, 0.1) is 16.7 Å². The number of nitrogens with one attached hydrogen (secondary N) is 2. The maximum atomic E-state index is 12.5. The summed E-state index contributed by atoms with van der Waals surface area (Å²) in [4.78, 5) is 12.5. The van der Waals surface area contributed by atoms with Gasteiger partial charge in [-0.2, -0.15) is 5.26 Å². The second kappa shape index (κ2) is 12.5. The van der Waals surface area contributed by atoms with Crippen molar-refractivity contribution in [3.05, 3.63) is 94.3 Å². The Bertz CT molecular complexity index is 1590. The molecule has 1 heterocycles. The fourth-order valence-electron chi connectivity index (χ4n) is 4.15. The lowest BCUT2D eigenvalue weighted by molar-refractivity contribution is 0.102. The number of carbonyl (C=O) groups excluding carboxylic acids is 1. The van der Waals surface area contributed by atoms with E-state index in [2.05, 4.69) is 60.8 Å². The van der Waals surface area contributed by atoms with Gasteiger partial charge < -0.3 is 19.5 Å². The van der Waals surface area contributed by atoms with E-state index in [0.29, 0.717) is 39.2 Å². The molecular formula is C32H36ClN5O3Si. The first-order valence-corrected chi connectivity index (χ1v) is 17.0. The molecule has 0 bridgehead atoms. The molecule has 0 saturated heterocycles. The summed E-state index contributed by atoms with van der Waals surface area (Å²) in [5, 5.41) is 24.9. The van der Waals surface area contributed by atoms with Crippen LogP contribution < -0.4 is 10.6 Å². The van der Waals surface area contributed by atoms with Crippen LogP contribution in [0.5, 0.6) is 0 Å². The number of anilines is 2. The van der Waals surface area contributed by atoms with E-state index < -0.39 is 14.4 Å². The van der Waals surface area contributed by atoms with Crippen molar-refractivity contribution in [2.75, 3.05) is 10.6 Å². The molecule has 0 fully saturated rings. The minimum Gasteiger partial charge on any atom is -0.418 e. The van der Waals surface area contributed by atoms with Crippen molar-refractivity contribution in [2.24, 2.45) is 0 Å². The topological polar surface area (TPSA) is 113 Å². The number of aromatic nitrogens is 2. The highest BCUT2D eigenvalue weighted by molar-refractivity contribution is 6.74. The molecule has 1 aromatic heterocycles. The molecule has 0 aliphatic rings. The molecule has 0 radical (unpaired) electrons. The van der Waals surface area contributed by atoms with E-state index >= 15 is 0 Å². The van der Waals surface area contributed by atoms with Crippen LogP contribution in [0.4, 0.5) is 11.4 Å². The average molecular weight is 602 g/mol. The van der Waals surface area contributed by atoms with Gasteiger partial charge in [0.1, 0.15) is 12.1 Å². The molecule has 0 aliphatic heterocycles. The zero-order chi connectivity index (χ0) is 30.7. The van der Waals surface area contributed by atoms with Crippen LogP contribution in [0.25, 0.3) is 11.5 Å². The zero-order valence-corrected chi connectivity index (χ0v) is 26.7. The summed E-state index contributed by atoms with van der Waals surface area (Å²) in [6, 6.07) is 21.4. The molecule has 0 aliphatic carbocycles. The number of nitrogens with zero attached hydrogens (tertiary/aromatic N) is 3. The number of carbonyl (C=O) groups is 1. The zero-order valence-electron chi connectivity index (χ0n) is 24.9. The van der Waals surface area contributed by atoms with Gasteiger partial charge in [0.15, 0.2) is 8.32 Å². The van der Waals surface area contributed by atoms with Crippen molar-refractivity contribution in [3.8, 4) is 17.5 Å². The molecule has 2 N–H and O–H groups in total. The number of benzene rings is 3. The van der Waals surface area contributed by atoms with Crippen molar-refractivity contribution >= 4 is 37.2 Å². The van der Waals surface area contributed by atoms with Gasteiger partial charge in [-0.1, -0.05) is 50.6 Å². The summed E-state index contributed by atoms with van der Waals surface area (Å²) >= 11 is 6.47. The second-order valence-corrected chi connectivity index (χ2v) is 16.9. The SMILES string of the molecule is Cc1c(N[C@@H](c2nnc(-c3ccc(NC(=O)c4ccccc4)cc3)o2)[C@@H](C)O[Si](C)(C)C(C)(C)C)ccc(C#N)c1Cl. The summed E-state index contributed by atoms with van der Waals surface area (Å²) < 4.78 is 12.9. The first kappa shape index (κ1) is 31.0. The third-order valence-corrected chi connectivity index (χ3v) is 12.8. The molecule has 3 aromatic carbocycles. The molecule has 1 amide bonds. The van der Waals surface area contributed by atoms with Crippen molar-refractivity contribution in [2.45, 2.75) is 64.9 Å². The lowest BCUT2D eigenvalue weighted by atomic mass is 10.1. The molecular weight excluding hydrogens is 566 g/mol. The molecule has 2 atom stereocenters. The van der Waals surface area contributed by atoms with Gasteiger partial charge >= 0.3 is 0 Å². The predicted molar refractivity (Wildman–Crippen MR) is 169 cm³/mol. The highest BCUT2D eigenvalue weighted by Crippen LogP contribution is 2.40. The van der Waals surface area contributed by atoms with Crippen molar-refractivity contribution in [1.29, 1.82) is 5.26 Å². The Balaban J connectivity index is 1.61. The number of halogens is 1. The molecule has 4 rings (SSSR count). The molecule has 42 heavy (non-hydrogen) atoms. The molecule has 0 saturated carbocycles. The number of hydrogen-bond acceptors (Lipinski definition) is 7. The largest absolute Gasteiger partial charge is 0.418 e. The maximum Gasteiger partial charge on any atom is 0.255 e. The predicted octanol–water partition coefficient (Wildman–Crippen LogP) is 8.39.